The van der Waals surface area contributed by atoms with Crippen molar-refractivity contribution in [1.82, 2.24) is 25.1 Å². The maximum absolute atomic E-state index is 13.3. The van der Waals surface area contributed by atoms with Gasteiger partial charge in [0.2, 0.25) is 0 Å². The average Bonchev–Trinajstić information content (AvgIpc) is 3.21. The third-order valence-electron chi connectivity index (χ3n) is 5.73. The molecule has 170 valence electrons. The zero-order chi connectivity index (χ0) is 23.7. The molecule has 0 radical (unpaired) electrons. The number of carbonyl (C=O) groups is 1. The highest BCUT2D eigenvalue weighted by atomic mass is 16.1. The van der Waals surface area contributed by atoms with Crippen molar-refractivity contribution < 1.29 is 4.79 Å². The van der Waals surface area contributed by atoms with E-state index in [-0.39, 0.29) is 24.1 Å². The lowest BCUT2D eigenvalue weighted by atomic mass is 10.0. The third-order valence-corrected chi connectivity index (χ3v) is 5.73. The SMILES string of the molecule is Cc1cc(C)c(CNC(=O)c2cc(-c3ccccc3CN)nc3c2cnn3C(C)C)c(=O)[nH]1. The Morgan fingerprint density at radius 3 is 2.67 bits per heavy atom. The molecule has 0 atom stereocenters. The Morgan fingerprint density at radius 1 is 1.21 bits per heavy atom. The molecule has 0 saturated heterocycles. The van der Waals surface area contributed by atoms with Crippen LogP contribution in [0, 0.1) is 13.8 Å². The number of amides is 1. The van der Waals surface area contributed by atoms with E-state index in [0.717, 1.165) is 22.4 Å². The largest absolute Gasteiger partial charge is 0.348 e. The van der Waals surface area contributed by atoms with Crippen LogP contribution in [0.3, 0.4) is 0 Å². The lowest BCUT2D eigenvalue weighted by Crippen LogP contribution is -2.28. The molecule has 4 aromatic rings. The second kappa shape index (κ2) is 8.99. The number of hydrogen-bond acceptors (Lipinski definition) is 5. The minimum atomic E-state index is -0.295. The fraction of sp³-hybridized carbons (Fsp3) is 0.280. The molecule has 0 saturated carbocycles. The lowest BCUT2D eigenvalue weighted by molar-refractivity contribution is 0.0952. The zero-order valence-electron chi connectivity index (χ0n) is 19.3. The highest BCUT2D eigenvalue weighted by Crippen LogP contribution is 2.28. The summed E-state index contributed by atoms with van der Waals surface area (Å²) in [4.78, 5) is 33.3. The Balaban J connectivity index is 1.79. The second-order valence-corrected chi connectivity index (χ2v) is 8.46. The van der Waals surface area contributed by atoms with E-state index in [0.29, 0.717) is 34.4 Å². The second-order valence-electron chi connectivity index (χ2n) is 8.46. The topological polar surface area (TPSA) is 119 Å². The Labute approximate surface area is 191 Å². The number of rotatable bonds is 6. The van der Waals surface area contributed by atoms with Gasteiger partial charge in [-0.2, -0.15) is 5.10 Å². The minimum Gasteiger partial charge on any atom is -0.348 e. The van der Waals surface area contributed by atoms with Gasteiger partial charge in [0.05, 0.1) is 22.8 Å². The molecule has 8 heteroatoms. The van der Waals surface area contributed by atoms with E-state index in [1.807, 2.05) is 58.0 Å². The van der Waals surface area contributed by atoms with Crippen LogP contribution in [0.15, 0.2) is 47.4 Å². The van der Waals surface area contributed by atoms with Gasteiger partial charge >= 0.3 is 0 Å². The van der Waals surface area contributed by atoms with Crippen molar-refractivity contribution in [1.29, 1.82) is 0 Å². The fourth-order valence-corrected chi connectivity index (χ4v) is 4.04. The van der Waals surface area contributed by atoms with Crippen LogP contribution in [0.5, 0.6) is 0 Å². The summed E-state index contributed by atoms with van der Waals surface area (Å²) in [5.74, 6) is -0.295. The van der Waals surface area contributed by atoms with E-state index in [1.54, 1.807) is 16.9 Å². The minimum absolute atomic E-state index is 0.0691. The van der Waals surface area contributed by atoms with E-state index in [9.17, 15) is 9.59 Å². The number of aromatic nitrogens is 4. The first-order valence-electron chi connectivity index (χ1n) is 10.9. The molecule has 0 unspecified atom stereocenters. The van der Waals surface area contributed by atoms with Gasteiger partial charge in [-0.3, -0.25) is 9.59 Å². The van der Waals surface area contributed by atoms with Gasteiger partial charge in [0.25, 0.3) is 11.5 Å². The maximum Gasteiger partial charge on any atom is 0.253 e. The van der Waals surface area contributed by atoms with Gasteiger partial charge in [-0.15, -0.1) is 0 Å². The summed E-state index contributed by atoms with van der Waals surface area (Å²) in [6.45, 7) is 8.20. The number of nitrogens with two attached hydrogens (primary N) is 1. The number of hydrogen-bond donors (Lipinski definition) is 3. The Kier molecular flexibility index (Phi) is 6.11. The zero-order valence-corrected chi connectivity index (χ0v) is 19.3. The van der Waals surface area contributed by atoms with Gasteiger partial charge in [-0.05, 0) is 51.0 Å². The molecule has 8 nitrogen and oxygen atoms in total. The van der Waals surface area contributed by atoms with Gasteiger partial charge in [0, 0.05) is 36.0 Å². The molecular formula is C25H28N6O2. The van der Waals surface area contributed by atoms with Gasteiger partial charge in [0.1, 0.15) is 0 Å². The standard InChI is InChI=1S/C25H28N6O2/c1-14(2)31-23-21(13-28-31)19(10-22(30-23)18-8-6-5-7-17(18)11-26)24(32)27-12-20-15(3)9-16(4)29-25(20)33/h5-10,13-14H,11-12,26H2,1-4H3,(H,27,32)(H,29,33). The van der Waals surface area contributed by atoms with Crippen molar-refractivity contribution >= 4 is 16.9 Å². The molecule has 1 aromatic carbocycles. The normalized spacial score (nSPS) is 11.3. The van der Waals surface area contributed by atoms with E-state index in [2.05, 4.69) is 15.4 Å². The number of nitrogens with zero attached hydrogens (tertiary/aromatic N) is 3. The summed E-state index contributed by atoms with van der Waals surface area (Å²) in [7, 11) is 0. The molecular weight excluding hydrogens is 416 g/mol. The van der Waals surface area contributed by atoms with E-state index in [1.165, 1.54) is 0 Å². The van der Waals surface area contributed by atoms with E-state index >= 15 is 0 Å². The predicted molar refractivity (Wildman–Crippen MR) is 129 cm³/mol. The van der Waals surface area contributed by atoms with Gasteiger partial charge < -0.3 is 16.0 Å². The number of aryl methyl sites for hydroxylation is 2. The first-order chi connectivity index (χ1) is 15.8. The smallest absolute Gasteiger partial charge is 0.253 e. The molecule has 0 aliphatic heterocycles. The summed E-state index contributed by atoms with van der Waals surface area (Å²) in [5, 5.41) is 8.03. The van der Waals surface area contributed by atoms with Crippen LogP contribution in [0.2, 0.25) is 0 Å². The number of fused-ring (bicyclic) bond motifs is 1. The van der Waals surface area contributed by atoms with E-state index < -0.39 is 0 Å². The average molecular weight is 445 g/mol. The maximum atomic E-state index is 13.3. The number of pyridine rings is 2. The molecule has 0 aliphatic rings. The van der Waals surface area contributed by atoms with Crippen LogP contribution in [-0.2, 0) is 13.1 Å². The molecule has 4 rings (SSSR count). The van der Waals surface area contributed by atoms with Gasteiger partial charge in [0.15, 0.2) is 5.65 Å². The molecule has 0 aliphatic carbocycles. The molecule has 0 spiro atoms. The van der Waals surface area contributed by atoms with Crippen molar-refractivity contribution in [2.24, 2.45) is 5.73 Å². The number of H-pyrrole nitrogens is 1. The molecule has 3 aromatic heterocycles. The fourth-order valence-electron chi connectivity index (χ4n) is 4.04. The van der Waals surface area contributed by atoms with Crippen LogP contribution < -0.4 is 16.6 Å². The lowest BCUT2D eigenvalue weighted by Gasteiger charge is -2.13. The van der Waals surface area contributed by atoms with Crippen molar-refractivity contribution in [3.05, 3.63) is 80.9 Å². The first kappa shape index (κ1) is 22.4. The van der Waals surface area contributed by atoms with Crippen LogP contribution in [-0.4, -0.2) is 25.7 Å². The number of benzene rings is 1. The summed E-state index contributed by atoms with van der Waals surface area (Å²) < 4.78 is 1.80. The van der Waals surface area contributed by atoms with Gasteiger partial charge in [-0.1, -0.05) is 24.3 Å². The number of nitrogens with one attached hydrogen (secondary N) is 2. The van der Waals surface area contributed by atoms with Crippen molar-refractivity contribution in [2.45, 2.75) is 46.8 Å². The summed E-state index contributed by atoms with van der Waals surface area (Å²) >= 11 is 0. The highest BCUT2D eigenvalue weighted by Gasteiger charge is 2.20. The number of aromatic amines is 1. The third kappa shape index (κ3) is 4.29. The Bertz CT molecular complexity index is 1400. The Morgan fingerprint density at radius 2 is 1.97 bits per heavy atom. The monoisotopic (exact) mass is 444 g/mol. The van der Waals surface area contributed by atoms with Gasteiger partial charge in [-0.25, -0.2) is 9.67 Å². The number of carbonyl (C=O) groups excluding carboxylic acids is 1. The van der Waals surface area contributed by atoms with Crippen LogP contribution in [0.1, 0.15) is 52.6 Å². The molecule has 0 fully saturated rings. The highest BCUT2D eigenvalue weighted by molar-refractivity contribution is 6.06. The van der Waals surface area contributed by atoms with Crippen molar-refractivity contribution in [3.8, 4) is 11.3 Å². The van der Waals surface area contributed by atoms with Crippen molar-refractivity contribution in [3.63, 3.8) is 0 Å². The summed E-state index contributed by atoms with van der Waals surface area (Å²) in [6, 6.07) is 11.5. The quantitative estimate of drug-likeness (QED) is 0.421. The molecule has 1 amide bonds. The molecule has 3 heterocycles. The Hall–Kier alpha value is -3.78. The molecule has 0 bridgehead atoms. The summed E-state index contributed by atoms with van der Waals surface area (Å²) in [6.07, 6.45) is 1.67. The predicted octanol–water partition coefficient (Wildman–Crippen LogP) is 3.37. The first-order valence-corrected chi connectivity index (χ1v) is 10.9. The molecule has 33 heavy (non-hydrogen) atoms. The van der Waals surface area contributed by atoms with Crippen LogP contribution >= 0.6 is 0 Å². The van der Waals surface area contributed by atoms with Crippen LogP contribution in [0.25, 0.3) is 22.3 Å². The molecule has 4 N–H and O–H groups in total. The van der Waals surface area contributed by atoms with Crippen LogP contribution in [0.4, 0.5) is 0 Å². The van der Waals surface area contributed by atoms with Crippen molar-refractivity contribution in [2.75, 3.05) is 0 Å². The van der Waals surface area contributed by atoms with E-state index in [4.69, 9.17) is 10.7 Å². The summed E-state index contributed by atoms with van der Waals surface area (Å²) in [5.41, 5.74) is 11.5.